The van der Waals surface area contributed by atoms with E-state index in [0.29, 0.717) is 13.2 Å². The molecule has 0 saturated carbocycles. The van der Waals surface area contributed by atoms with Gasteiger partial charge < -0.3 is 14.7 Å². The Morgan fingerprint density at radius 1 is 1.25 bits per heavy atom. The van der Waals surface area contributed by atoms with Gasteiger partial charge in [-0.15, -0.1) is 0 Å². The van der Waals surface area contributed by atoms with Crippen LogP contribution in [0.1, 0.15) is 45.6 Å². The van der Waals surface area contributed by atoms with Gasteiger partial charge in [-0.3, -0.25) is 0 Å². The van der Waals surface area contributed by atoms with Crippen molar-refractivity contribution in [1.82, 2.24) is 9.97 Å². The molecule has 0 amide bonds. The molecule has 1 rings (SSSR count). The molecular weight excluding hydrogens is 254 g/mol. The van der Waals surface area contributed by atoms with E-state index in [0.717, 1.165) is 30.3 Å². The Kier molecular flexibility index (Phi) is 6.36. The zero-order valence-corrected chi connectivity index (χ0v) is 13.3. The summed E-state index contributed by atoms with van der Waals surface area (Å²) in [5.41, 5.74) is 0.761. The quantitative estimate of drug-likeness (QED) is 0.829. The highest BCUT2D eigenvalue weighted by Crippen LogP contribution is 2.22. The molecule has 0 radical (unpaired) electrons. The first-order chi connectivity index (χ1) is 9.42. The van der Waals surface area contributed by atoms with Crippen LogP contribution in [0.25, 0.3) is 0 Å². The van der Waals surface area contributed by atoms with Crippen LogP contribution in [0.4, 0.5) is 5.82 Å². The van der Waals surface area contributed by atoms with Crippen molar-refractivity contribution in [3.05, 3.63) is 17.6 Å². The van der Waals surface area contributed by atoms with Crippen LogP contribution in [0.3, 0.4) is 0 Å². The maximum Gasteiger partial charge on any atom is 0.136 e. The first-order valence-electron chi connectivity index (χ1n) is 7.15. The minimum absolute atomic E-state index is 0.115. The van der Waals surface area contributed by atoms with Crippen molar-refractivity contribution in [2.24, 2.45) is 0 Å². The van der Waals surface area contributed by atoms with Gasteiger partial charge in [-0.25, -0.2) is 9.97 Å². The number of hydrogen-bond acceptors (Lipinski definition) is 5. The summed E-state index contributed by atoms with van der Waals surface area (Å²) >= 11 is 0. The molecule has 5 nitrogen and oxygen atoms in total. The largest absolute Gasteiger partial charge is 0.395 e. The zero-order chi connectivity index (χ0) is 15.2. The highest BCUT2D eigenvalue weighted by Gasteiger charge is 2.20. The summed E-state index contributed by atoms with van der Waals surface area (Å²) in [6.45, 7) is 10.4. The maximum absolute atomic E-state index is 9.22. The van der Waals surface area contributed by atoms with Gasteiger partial charge in [0.2, 0.25) is 0 Å². The second-order valence-electron chi connectivity index (χ2n) is 5.93. The van der Waals surface area contributed by atoms with Crippen molar-refractivity contribution in [2.45, 2.75) is 46.1 Å². The minimum atomic E-state index is -0.115. The third-order valence-electron chi connectivity index (χ3n) is 2.92. The van der Waals surface area contributed by atoms with Gasteiger partial charge in [0, 0.05) is 31.7 Å². The Bertz CT molecular complexity index is 410. The van der Waals surface area contributed by atoms with E-state index in [-0.39, 0.29) is 12.0 Å². The molecule has 114 valence electrons. The molecular formula is C15H27N3O2. The molecule has 20 heavy (non-hydrogen) atoms. The summed E-state index contributed by atoms with van der Waals surface area (Å²) < 4.78 is 5.19. The molecule has 1 heterocycles. The lowest BCUT2D eigenvalue weighted by Crippen LogP contribution is -2.30. The average Bonchev–Trinajstić information content (AvgIpc) is 2.37. The molecule has 1 aromatic rings. The predicted molar refractivity (Wildman–Crippen MR) is 81.0 cm³/mol. The zero-order valence-electron chi connectivity index (χ0n) is 13.3. The van der Waals surface area contributed by atoms with E-state index in [1.165, 1.54) is 0 Å². The second kappa shape index (κ2) is 7.55. The Labute approximate surface area is 122 Å². The fourth-order valence-electron chi connectivity index (χ4n) is 1.93. The average molecular weight is 281 g/mol. The Morgan fingerprint density at radius 2 is 1.95 bits per heavy atom. The van der Waals surface area contributed by atoms with E-state index >= 15 is 0 Å². The van der Waals surface area contributed by atoms with Gasteiger partial charge in [0.05, 0.1) is 18.9 Å². The van der Waals surface area contributed by atoms with Crippen molar-refractivity contribution in [3.8, 4) is 0 Å². The molecule has 0 atom stereocenters. The fourth-order valence-corrected chi connectivity index (χ4v) is 1.93. The van der Waals surface area contributed by atoms with E-state index in [2.05, 4.69) is 42.6 Å². The summed E-state index contributed by atoms with van der Waals surface area (Å²) in [5, 5.41) is 9.22. The number of anilines is 1. The number of hydrogen-bond donors (Lipinski definition) is 1. The Balaban J connectivity index is 3.18. The number of aromatic nitrogens is 2. The number of nitrogens with zero attached hydrogens (tertiary/aromatic N) is 3. The summed E-state index contributed by atoms with van der Waals surface area (Å²) in [4.78, 5) is 11.3. The molecule has 0 spiro atoms. The van der Waals surface area contributed by atoms with Gasteiger partial charge >= 0.3 is 0 Å². The Morgan fingerprint density at radius 3 is 2.45 bits per heavy atom. The van der Waals surface area contributed by atoms with Crippen LogP contribution < -0.4 is 4.90 Å². The molecule has 0 saturated heterocycles. The van der Waals surface area contributed by atoms with Gasteiger partial charge in [-0.1, -0.05) is 27.7 Å². The highest BCUT2D eigenvalue weighted by molar-refractivity contribution is 5.40. The minimum Gasteiger partial charge on any atom is -0.395 e. The standard InChI is InChI=1S/C15H27N3O2/c1-6-7-18(8-9-19)13-10-12(11-20-5)16-14(17-13)15(2,3)4/h10,19H,6-9,11H2,1-5H3. The number of aliphatic hydroxyl groups is 1. The van der Waals surface area contributed by atoms with Crippen LogP contribution in [-0.4, -0.2) is 41.9 Å². The molecule has 0 aliphatic rings. The van der Waals surface area contributed by atoms with Crippen molar-refractivity contribution in [1.29, 1.82) is 0 Å². The summed E-state index contributed by atoms with van der Waals surface area (Å²) in [6, 6.07) is 1.95. The van der Waals surface area contributed by atoms with E-state index in [9.17, 15) is 5.11 Å². The predicted octanol–water partition coefficient (Wildman–Crippen LogP) is 2.13. The second-order valence-corrected chi connectivity index (χ2v) is 5.93. The molecule has 1 aromatic heterocycles. The van der Waals surface area contributed by atoms with Crippen LogP contribution in [-0.2, 0) is 16.8 Å². The molecule has 0 unspecified atom stereocenters. The van der Waals surface area contributed by atoms with E-state index in [4.69, 9.17) is 4.74 Å². The van der Waals surface area contributed by atoms with Crippen molar-refractivity contribution in [3.63, 3.8) is 0 Å². The van der Waals surface area contributed by atoms with Crippen LogP contribution in [0, 0.1) is 0 Å². The number of rotatable bonds is 7. The third kappa shape index (κ3) is 4.72. The van der Waals surface area contributed by atoms with Gasteiger partial charge in [0.15, 0.2) is 0 Å². The van der Waals surface area contributed by atoms with Gasteiger partial charge in [-0.05, 0) is 6.42 Å². The highest BCUT2D eigenvalue weighted by atomic mass is 16.5. The lowest BCUT2D eigenvalue weighted by Gasteiger charge is -2.25. The van der Waals surface area contributed by atoms with Gasteiger partial charge in [-0.2, -0.15) is 0 Å². The summed E-state index contributed by atoms with van der Waals surface area (Å²) in [7, 11) is 1.66. The van der Waals surface area contributed by atoms with Crippen molar-refractivity contribution >= 4 is 5.82 Å². The molecule has 0 bridgehead atoms. The first kappa shape index (κ1) is 16.9. The molecule has 0 fully saturated rings. The molecule has 0 aliphatic heterocycles. The van der Waals surface area contributed by atoms with Gasteiger partial charge in [0.1, 0.15) is 11.6 Å². The smallest absolute Gasteiger partial charge is 0.136 e. The topological polar surface area (TPSA) is 58.5 Å². The van der Waals surface area contributed by atoms with Crippen LogP contribution in [0.2, 0.25) is 0 Å². The van der Waals surface area contributed by atoms with Crippen molar-refractivity contribution < 1.29 is 9.84 Å². The molecule has 1 N–H and O–H groups in total. The molecule has 5 heteroatoms. The third-order valence-corrected chi connectivity index (χ3v) is 2.92. The van der Waals surface area contributed by atoms with E-state index in [1.54, 1.807) is 7.11 Å². The van der Waals surface area contributed by atoms with E-state index < -0.39 is 0 Å². The number of methoxy groups -OCH3 is 1. The van der Waals surface area contributed by atoms with Crippen LogP contribution in [0.5, 0.6) is 0 Å². The lowest BCUT2D eigenvalue weighted by atomic mass is 9.95. The number of ether oxygens (including phenoxy) is 1. The van der Waals surface area contributed by atoms with Crippen LogP contribution in [0.15, 0.2) is 6.07 Å². The molecule has 0 aromatic carbocycles. The van der Waals surface area contributed by atoms with Gasteiger partial charge in [0.25, 0.3) is 0 Å². The Hall–Kier alpha value is -1.20. The molecule has 0 aliphatic carbocycles. The SMILES string of the molecule is CCCN(CCO)c1cc(COC)nc(C(C)(C)C)n1. The lowest BCUT2D eigenvalue weighted by molar-refractivity contribution is 0.181. The summed E-state index contributed by atoms with van der Waals surface area (Å²) in [6.07, 6.45) is 1.01. The fraction of sp³-hybridized carbons (Fsp3) is 0.733. The normalized spacial score (nSPS) is 11.7. The first-order valence-corrected chi connectivity index (χ1v) is 7.15. The van der Waals surface area contributed by atoms with E-state index in [1.807, 2.05) is 6.07 Å². The summed E-state index contributed by atoms with van der Waals surface area (Å²) in [5.74, 6) is 1.67. The van der Waals surface area contributed by atoms with Crippen LogP contribution >= 0.6 is 0 Å². The maximum atomic E-state index is 9.22. The number of aliphatic hydroxyl groups excluding tert-OH is 1. The monoisotopic (exact) mass is 281 g/mol. The van der Waals surface area contributed by atoms with Crippen molar-refractivity contribution in [2.75, 3.05) is 31.7 Å².